The molecule has 0 heterocycles. The summed E-state index contributed by atoms with van der Waals surface area (Å²) in [6.07, 6.45) is 0.651. The Morgan fingerprint density at radius 1 is 1.14 bits per heavy atom. The highest BCUT2D eigenvalue weighted by atomic mass is 19.2. The van der Waals surface area contributed by atoms with Gasteiger partial charge in [0, 0.05) is 18.9 Å². The maximum atomic E-state index is 14.0. The van der Waals surface area contributed by atoms with Crippen LogP contribution >= 0.6 is 0 Å². The molecule has 7 nitrogen and oxygen atoms in total. The maximum Gasteiger partial charge on any atom is 0.344 e. The number of aliphatic hydroxyl groups excluding tert-OH is 1. The molecule has 0 radical (unpaired) electrons. The molecule has 2 N–H and O–H groups in total. The van der Waals surface area contributed by atoms with Gasteiger partial charge in [0.15, 0.2) is 11.6 Å². The van der Waals surface area contributed by atoms with Crippen molar-refractivity contribution in [3.05, 3.63) is 41.5 Å². The molecule has 28 heavy (non-hydrogen) atoms. The fourth-order valence-corrected chi connectivity index (χ4v) is 2.50. The Morgan fingerprint density at radius 2 is 1.71 bits per heavy atom. The van der Waals surface area contributed by atoms with Crippen molar-refractivity contribution < 1.29 is 37.7 Å². The molecule has 0 saturated heterocycles. The monoisotopic (exact) mass is 399 g/mol. The summed E-state index contributed by atoms with van der Waals surface area (Å²) >= 11 is 0. The van der Waals surface area contributed by atoms with E-state index in [0.717, 1.165) is 19.1 Å². The second kappa shape index (κ2) is 10.5. The molecule has 0 saturated carbocycles. The third-order valence-electron chi connectivity index (χ3n) is 3.76. The van der Waals surface area contributed by atoms with Gasteiger partial charge in [-0.25, -0.2) is 18.4 Å². The molecular weight excluding hydrogens is 376 g/mol. The molecule has 1 aromatic rings. The van der Waals surface area contributed by atoms with Gasteiger partial charge in [-0.2, -0.15) is 0 Å². The molecule has 1 aromatic carbocycles. The van der Waals surface area contributed by atoms with E-state index in [4.69, 9.17) is 9.47 Å². The van der Waals surface area contributed by atoms with Crippen molar-refractivity contribution in [3.63, 3.8) is 0 Å². The minimum absolute atomic E-state index is 0.0747. The minimum Gasteiger partial charge on any atom is -0.464 e. The van der Waals surface area contributed by atoms with Crippen LogP contribution in [-0.2, 0) is 23.9 Å². The predicted molar refractivity (Wildman–Crippen MR) is 95.9 cm³/mol. The Hall–Kier alpha value is -2.81. The van der Waals surface area contributed by atoms with Crippen molar-refractivity contribution in [3.8, 4) is 0 Å². The topological polar surface area (TPSA) is 102 Å². The third kappa shape index (κ3) is 5.35. The van der Waals surface area contributed by atoms with Crippen LogP contribution in [0.15, 0.2) is 24.3 Å². The highest BCUT2D eigenvalue weighted by molar-refractivity contribution is 6.08. The van der Waals surface area contributed by atoms with E-state index in [1.807, 2.05) is 0 Å². The zero-order valence-electron chi connectivity index (χ0n) is 15.9. The Kier molecular flexibility index (Phi) is 8.72. The lowest BCUT2D eigenvalue weighted by Crippen LogP contribution is -2.60. The van der Waals surface area contributed by atoms with Gasteiger partial charge in [0.1, 0.15) is 0 Å². The van der Waals surface area contributed by atoms with Crippen LogP contribution in [0.2, 0.25) is 0 Å². The number of hydrogen-bond donors (Lipinski definition) is 2. The van der Waals surface area contributed by atoms with E-state index in [9.17, 15) is 28.3 Å². The van der Waals surface area contributed by atoms with E-state index in [0.29, 0.717) is 0 Å². The van der Waals surface area contributed by atoms with Crippen molar-refractivity contribution in [2.24, 2.45) is 0 Å². The van der Waals surface area contributed by atoms with E-state index < -0.39 is 48.0 Å². The van der Waals surface area contributed by atoms with Crippen LogP contribution in [0.1, 0.15) is 32.8 Å². The second-order valence-corrected chi connectivity index (χ2v) is 5.72. The van der Waals surface area contributed by atoms with Crippen LogP contribution < -0.4 is 5.32 Å². The van der Waals surface area contributed by atoms with Crippen molar-refractivity contribution in [2.45, 2.75) is 32.7 Å². The van der Waals surface area contributed by atoms with Crippen molar-refractivity contribution in [1.29, 1.82) is 0 Å². The van der Waals surface area contributed by atoms with Gasteiger partial charge >= 0.3 is 11.9 Å². The summed E-state index contributed by atoms with van der Waals surface area (Å²) in [5.74, 6) is -5.17. The van der Waals surface area contributed by atoms with E-state index in [1.165, 1.54) is 26.0 Å². The van der Waals surface area contributed by atoms with Gasteiger partial charge in [-0.15, -0.1) is 0 Å². The van der Waals surface area contributed by atoms with Crippen LogP contribution in [0.25, 0.3) is 5.57 Å². The van der Waals surface area contributed by atoms with Crippen LogP contribution in [0.3, 0.4) is 0 Å². The molecule has 0 aliphatic carbocycles. The number of carbonyl (C=O) groups excluding carboxylic acids is 3. The van der Waals surface area contributed by atoms with Crippen molar-refractivity contribution >= 4 is 23.4 Å². The van der Waals surface area contributed by atoms with E-state index in [2.05, 4.69) is 5.32 Å². The summed E-state index contributed by atoms with van der Waals surface area (Å²) in [7, 11) is 0. The first kappa shape index (κ1) is 23.2. The minimum atomic E-state index is -2.23. The van der Waals surface area contributed by atoms with Gasteiger partial charge in [-0.05, 0) is 25.5 Å². The third-order valence-corrected chi connectivity index (χ3v) is 3.76. The molecule has 0 bridgehead atoms. The molecule has 0 atom stereocenters. The molecule has 9 heteroatoms. The molecule has 0 aromatic heterocycles. The molecule has 0 aliphatic heterocycles. The van der Waals surface area contributed by atoms with Crippen LogP contribution in [0.5, 0.6) is 0 Å². The summed E-state index contributed by atoms with van der Waals surface area (Å²) in [6.45, 7) is 3.26. The number of esters is 2. The average molecular weight is 399 g/mol. The molecule has 154 valence electrons. The Balaban J connectivity index is 3.45. The Labute approximate surface area is 161 Å². The second-order valence-electron chi connectivity index (χ2n) is 5.72. The fourth-order valence-electron chi connectivity index (χ4n) is 2.50. The van der Waals surface area contributed by atoms with Crippen LogP contribution in [0, 0.1) is 11.6 Å². The molecule has 1 amide bonds. The largest absolute Gasteiger partial charge is 0.464 e. The number of benzene rings is 1. The summed E-state index contributed by atoms with van der Waals surface area (Å²) in [5.41, 5.74) is -2.56. The molecule has 0 unspecified atom stereocenters. The number of hydrogen-bond acceptors (Lipinski definition) is 6. The molecule has 1 rings (SSSR count). The maximum absolute atomic E-state index is 14.0. The number of carbonyl (C=O) groups is 3. The predicted octanol–water partition coefficient (Wildman–Crippen LogP) is 1.73. The van der Waals surface area contributed by atoms with E-state index >= 15 is 0 Å². The summed E-state index contributed by atoms with van der Waals surface area (Å²) in [4.78, 5) is 36.7. The van der Waals surface area contributed by atoms with Gasteiger partial charge < -0.3 is 19.9 Å². The normalized spacial score (nSPS) is 11.7. The summed E-state index contributed by atoms with van der Waals surface area (Å²) in [5, 5.41) is 11.8. The Bertz CT molecular complexity index is 745. The number of ether oxygens (including phenoxy) is 2. The van der Waals surface area contributed by atoms with Crippen LogP contribution in [0.4, 0.5) is 8.78 Å². The standard InChI is InChI=1S/C19H23F2NO6/c1-4-27-17(25)19(22-12(3)24,18(26)28-5-2)10-9-13(11-23)14-7-6-8-15(20)16(14)21/h6-9,23H,4-5,10-11H2,1-3H3,(H,22,24)/b13-9+. The van der Waals surface area contributed by atoms with Gasteiger partial charge in [0.2, 0.25) is 11.4 Å². The number of halogens is 2. The molecule has 0 fully saturated rings. The first-order valence-corrected chi connectivity index (χ1v) is 8.60. The number of rotatable bonds is 9. The van der Waals surface area contributed by atoms with Crippen molar-refractivity contribution in [1.82, 2.24) is 5.32 Å². The number of amides is 1. The first-order chi connectivity index (χ1) is 13.2. The zero-order valence-corrected chi connectivity index (χ0v) is 15.9. The van der Waals surface area contributed by atoms with E-state index in [1.54, 1.807) is 0 Å². The molecule has 0 spiro atoms. The summed E-state index contributed by atoms with van der Waals surface area (Å²) < 4.78 is 37.4. The fraction of sp³-hybridized carbons (Fsp3) is 0.421. The van der Waals surface area contributed by atoms with Crippen molar-refractivity contribution in [2.75, 3.05) is 19.8 Å². The SMILES string of the molecule is CCOC(=O)C(C/C=C(\CO)c1cccc(F)c1F)(NC(C)=O)C(=O)OCC. The quantitative estimate of drug-likeness (QED) is 0.484. The Morgan fingerprint density at radius 3 is 2.18 bits per heavy atom. The first-order valence-electron chi connectivity index (χ1n) is 8.60. The lowest BCUT2D eigenvalue weighted by atomic mass is 9.92. The van der Waals surface area contributed by atoms with Gasteiger partial charge in [0.05, 0.1) is 19.8 Å². The highest BCUT2D eigenvalue weighted by Crippen LogP contribution is 2.24. The van der Waals surface area contributed by atoms with Gasteiger partial charge in [-0.1, -0.05) is 18.2 Å². The lowest BCUT2D eigenvalue weighted by Gasteiger charge is -2.29. The summed E-state index contributed by atoms with van der Waals surface area (Å²) in [6, 6.07) is 3.39. The zero-order chi connectivity index (χ0) is 21.3. The smallest absolute Gasteiger partial charge is 0.344 e. The van der Waals surface area contributed by atoms with Gasteiger partial charge in [0.25, 0.3) is 0 Å². The molecular formula is C19H23F2NO6. The molecule has 0 aliphatic rings. The van der Waals surface area contributed by atoms with E-state index in [-0.39, 0.29) is 24.4 Å². The average Bonchev–Trinajstić information content (AvgIpc) is 2.64. The number of aliphatic hydroxyl groups is 1. The lowest BCUT2D eigenvalue weighted by molar-refractivity contribution is -0.167. The van der Waals surface area contributed by atoms with Gasteiger partial charge in [-0.3, -0.25) is 4.79 Å². The number of nitrogens with one attached hydrogen (secondary N) is 1. The van der Waals surface area contributed by atoms with Crippen LogP contribution in [-0.4, -0.2) is 48.3 Å². The highest BCUT2D eigenvalue weighted by Gasteiger charge is 2.49.